The van der Waals surface area contributed by atoms with E-state index in [2.05, 4.69) is 10.3 Å². The Balaban J connectivity index is 1.88. The van der Waals surface area contributed by atoms with Gasteiger partial charge in [-0.25, -0.2) is 0 Å². The number of rotatable bonds is 3. The Morgan fingerprint density at radius 2 is 2.33 bits per heavy atom. The summed E-state index contributed by atoms with van der Waals surface area (Å²) in [6.07, 6.45) is 4.58. The van der Waals surface area contributed by atoms with E-state index in [1.165, 1.54) is 0 Å². The van der Waals surface area contributed by atoms with E-state index in [9.17, 15) is 0 Å². The Morgan fingerprint density at radius 3 is 2.87 bits per heavy atom. The third-order valence-electron chi connectivity index (χ3n) is 2.87. The third-order valence-corrected chi connectivity index (χ3v) is 2.87. The SMILES string of the molecule is [NH-]c1c[n+](N2CCC(CCO)CC2)no1. The molecule has 2 heterocycles. The van der Waals surface area contributed by atoms with Gasteiger partial charge in [0.1, 0.15) is 5.88 Å². The molecule has 1 saturated heterocycles. The molecule has 6 heteroatoms. The van der Waals surface area contributed by atoms with E-state index in [1.54, 1.807) is 11.0 Å². The lowest BCUT2D eigenvalue weighted by atomic mass is 9.95. The van der Waals surface area contributed by atoms with Crippen LogP contribution in [0.5, 0.6) is 0 Å². The highest BCUT2D eigenvalue weighted by Gasteiger charge is 2.25. The maximum atomic E-state index is 8.83. The first-order chi connectivity index (χ1) is 7.29. The Hall–Kier alpha value is -1.30. The molecule has 0 saturated carbocycles. The summed E-state index contributed by atoms with van der Waals surface area (Å²) in [6.45, 7) is 2.08. The van der Waals surface area contributed by atoms with E-state index < -0.39 is 0 Å². The Morgan fingerprint density at radius 1 is 1.60 bits per heavy atom. The molecule has 0 amide bonds. The maximum Gasteiger partial charge on any atom is 0.256 e. The lowest BCUT2D eigenvalue weighted by molar-refractivity contribution is -0.759. The summed E-state index contributed by atoms with van der Waals surface area (Å²) in [5, 5.41) is 14.6. The molecule has 6 nitrogen and oxygen atoms in total. The molecule has 0 radical (unpaired) electrons. The normalized spacial score (nSPS) is 18.3. The van der Waals surface area contributed by atoms with Crippen LogP contribution < -0.4 is 9.80 Å². The Bertz CT molecular complexity index is 307. The van der Waals surface area contributed by atoms with Crippen molar-refractivity contribution in [3.63, 3.8) is 0 Å². The van der Waals surface area contributed by atoms with Crippen molar-refractivity contribution in [1.29, 1.82) is 0 Å². The van der Waals surface area contributed by atoms with Gasteiger partial charge in [0.2, 0.25) is 5.27 Å². The Labute approximate surface area is 88.2 Å². The van der Waals surface area contributed by atoms with E-state index in [4.69, 9.17) is 15.4 Å². The first kappa shape index (κ1) is 10.2. The number of hydrogen-bond acceptors (Lipinski definition) is 4. The maximum absolute atomic E-state index is 8.83. The van der Waals surface area contributed by atoms with Crippen LogP contribution >= 0.6 is 0 Å². The van der Waals surface area contributed by atoms with Gasteiger partial charge in [-0.3, -0.25) is 0 Å². The van der Waals surface area contributed by atoms with Gasteiger partial charge in [-0.15, -0.1) is 0 Å². The first-order valence-corrected chi connectivity index (χ1v) is 5.26. The standard InChI is InChI=1S/C9H16N4O2/c10-9-7-13(11-15-9)12-4-1-8(2-5-12)3-6-14/h7-8,10,14H,1-6H2. The molecule has 0 unspecified atom stereocenters. The van der Waals surface area contributed by atoms with E-state index in [-0.39, 0.29) is 12.5 Å². The zero-order valence-electron chi connectivity index (χ0n) is 8.59. The van der Waals surface area contributed by atoms with E-state index >= 15 is 0 Å². The van der Waals surface area contributed by atoms with Gasteiger partial charge in [-0.1, -0.05) is 0 Å². The molecule has 15 heavy (non-hydrogen) atoms. The van der Waals surface area contributed by atoms with Crippen molar-refractivity contribution in [2.24, 2.45) is 5.92 Å². The second kappa shape index (κ2) is 4.48. The largest absolute Gasteiger partial charge is 0.660 e. The van der Waals surface area contributed by atoms with Crippen LogP contribution in [0, 0.1) is 5.92 Å². The van der Waals surface area contributed by atoms with Gasteiger partial charge in [0.15, 0.2) is 0 Å². The summed E-state index contributed by atoms with van der Waals surface area (Å²) < 4.78 is 4.69. The number of nitrogens with zero attached hydrogens (tertiary/aromatic N) is 3. The highest BCUT2D eigenvalue weighted by atomic mass is 16.5. The molecule has 0 bridgehead atoms. The molecule has 2 rings (SSSR count). The minimum Gasteiger partial charge on any atom is -0.660 e. The number of aromatic nitrogens is 2. The van der Waals surface area contributed by atoms with Gasteiger partial charge in [-0.05, 0) is 25.2 Å². The number of piperidine rings is 1. The van der Waals surface area contributed by atoms with E-state index in [0.29, 0.717) is 5.92 Å². The third kappa shape index (κ3) is 2.38. The first-order valence-electron chi connectivity index (χ1n) is 5.26. The monoisotopic (exact) mass is 212 g/mol. The van der Waals surface area contributed by atoms with Crippen molar-refractivity contribution in [3.05, 3.63) is 11.9 Å². The molecule has 0 aromatic carbocycles. The number of aliphatic hydroxyl groups excluding tert-OH is 1. The minimum absolute atomic E-state index is 0.0764. The molecule has 1 aliphatic heterocycles. The molecule has 0 aliphatic carbocycles. The molecule has 1 fully saturated rings. The van der Waals surface area contributed by atoms with Crippen LogP contribution in [0.25, 0.3) is 5.73 Å². The average Bonchev–Trinajstić information content (AvgIpc) is 2.67. The van der Waals surface area contributed by atoms with Crippen LogP contribution in [0.15, 0.2) is 10.7 Å². The fraction of sp³-hybridized carbons (Fsp3) is 0.778. The van der Waals surface area contributed by atoms with Gasteiger partial charge in [0.25, 0.3) is 6.20 Å². The average molecular weight is 212 g/mol. The molecular formula is C9H16N4O2. The van der Waals surface area contributed by atoms with Crippen molar-refractivity contribution in [1.82, 2.24) is 5.27 Å². The topological polar surface area (TPSA) is 77.2 Å². The predicted octanol–water partition coefficient (Wildman–Crippen LogP) is 0.376. The minimum atomic E-state index is 0.0764. The number of hydrogen-bond donors (Lipinski definition) is 1. The van der Waals surface area contributed by atoms with Crippen molar-refractivity contribution < 1.29 is 14.4 Å². The number of aliphatic hydroxyl groups is 1. The van der Waals surface area contributed by atoms with Crippen molar-refractivity contribution >= 4 is 5.88 Å². The summed E-state index contributed by atoms with van der Waals surface area (Å²) in [5.41, 5.74) is 7.23. The fourth-order valence-corrected chi connectivity index (χ4v) is 1.97. The van der Waals surface area contributed by atoms with E-state index in [0.717, 1.165) is 32.4 Å². The van der Waals surface area contributed by atoms with Crippen LogP contribution in [0.4, 0.5) is 5.88 Å². The zero-order valence-corrected chi connectivity index (χ0v) is 8.59. The predicted molar refractivity (Wildman–Crippen MR) is 53.1 cm³/mol. The molecule has 0 atom stereocenters. The summed E-state index contributed by atoms with van der Waals surface area (Å²) in [6, 6.07) is 0. The molecule has 1 aromatic rings. The smallest absolute Gasteiger partial charge is 0.256 e. The van der Waals surface area contributed by atoms with Crippen molar-refractivity contribution in [3.8, 4) is 0 Å². The summed E-state index contributed by atoms with van der Waals surface area (Å²) in [5.74, 6) is 0.696. The molecule has 2 N–H and O–H groups in total. The van der Waals surface area contributed by atoms with Crippen LogP contribution in [0.3, 0.4) is 0 Å². The zero-order chi connectivity index (χ0) is 10.7. The lowest BCUT2D eigenvalue weighted by Gasteiger charge is -2.25. The second-order valence-corrected chi connectivity index (χ2v) is 3.90. The molecule has 84 valence electrons. The van der Waals surface area contributed by atoms with Crippen molar-refractivity contribution in [2.75, 3.05) is 24.7 Å². The van der Waals surface area contributed by atoms with E-state index in [1.807, 2.05) is 0 Å². The van der Waals surface area contributed by atoms with Gasteiger partial charge < -0.3 is 15.4 Å². The molecule has 0 spiro atoms. The van der Waals surface area contributed by atoms with Gasteiger partial charge in [0.05, 0.1) is 17.9 Å². The highest BCUT2D eigenvalue weighted by Crippen LogP contribution is 2.17. The fourth-order valence-electron chi connectivity index (χ4n) is 1.97. The van der Waals surface area contributed by atoms with Crippen LogP contribution in [-0.2, 0) is 0 Å². The van der Waals surface area contributed by atoms with Crippen molar-refractivity contribution in [2.45, 2.75) is 19.3 Å². The lowest BCUT2D eigenvalue weighted by Crippen LogP contribution is -2.61. The molecular weight excluding hydrogens is 196 g/mol. The van der Waals surface area contributed by atoms with Gasteiger partial charge in [0, 0.05) is 6.61 Å². The quantitative estimate of drug-likeness (QED) is 0.734. The summed E-state index contributed by atoms with van der Waals surface area (Å²) in [4.78, 5) is 1.59. The molecule has 1 aromatic heterocycles. The van der Waals surface area contributed by atoms with Crippen LogP contribution in [-0.4, -0.2) is 30.1 Å². The molecule has 1 aliphatic rings. The van der Waals surface area contributed by atoms with Gasteiger partial charge in [-0.2, -0.15) is 5.01 Å². The summed E-state index contributed by atoms with van der Waals surface area (Å²) in [7, 11) is 0. The van der Waals surface area contributed by atoms with Gasteiger partial charge >= 0.3 is 0 Å². The number of nitrogens with one attached hydrogen (secondary N) is 1. The highest BCUT2D eigenvalue weighted by molar-refractivity contribution is 5.19. The second-order valence-electron chi connectivity index (χ2n) is 3.90. The Kier molecular flexibility index (Phi) is 3.05. The van der Waals surface area contributed by atoms with Crippen LogP contribution in [0.2, 0.25) is 0 Å². The van der Waals surface area contributed by atoms with Crippen LogP contribution in [0.1, 0.15) is 19.3 Å². The summed E-state index contributed by atoms with van der Waals surface area (Å²) >= 11 is 0.